The molecule has 1 atom stereocenters. The highest BCUT2D eigenvalue weighted by molar-refractivity contribution is 7.99. The van der Waals surface area contributed by atoms with Gasteiger partial charge in [0, 0.05) is 43.2 Å². The van der Waals surface area contributed by atoms with Crippen molar-refractivity contribution >= 4 is 17.7 Å². The first-order valence-electron chi connectivity index (χ1n) is 7.90. The molecule has 3 rings (SSSR count). The van der Waals surface area contributed by atoms with Gasteiger partial charge >= 0.3 is 0 Å². The van der Waals surface area contributed by atoms with Gasteiger partial charge in [-0.25, -0.2) is 4.98 Å². The molecule has 3 heterocycles. The summed E-state index contributed by atoms with van der Waals surface area (Å²) >= 11 is 1.90. The zero-order chi connectivity index (χ0) is 15.4. The predicted molar refractivity (Wildman–Crippen MR) is 88.6 cm³/mol. The minimum absolute atomic E-state index is 0.0864. The fourth-order valence-electron chi connectivity index (χ4n) is 2.82. The van der Waals surface area contributed by atoms with Crippen LogP contribution in [0.5, 0.6) is 5.88 Å². The van der Waals surface area contributed by atoms with Gasteiger partial charge in [-0.1, -0.05) is 0 Å². The van der Waals surface area contributed by atoms with E-state index in [0.717, 1.165) is 50.5 Å². The van der Waals surface area contributed by atoms with Crippen LogP contribution in [-0.4, -0.2) is 71.5 Å². The van der Waals surface area contributed by atoms with E-state index in [0.29, 0.717) is 11.4 Å². The Morgan fingerprint density at radius 1 is 1.36 bits per heavy atom. The molecule has 0 saturated carbocycles. The zero-order valence-corrected chi connectivity index (χ0v) is 13.8. The maximum absolute atomic E-state index is 12.7. The number of hydrogen-bond donors (Lipinski definition) is 0. The Kier molecular flexibility index (Phi) is 5.20. The van der Waals surface area contributed by atoms with Crippen LogP contribution in [0.25, 0.3) is 0 Å². The van der Waals surface area contributed by atoms with E-state index < -0.39 is 0 Å². The lowest BCUT2D eigenvalue weighted by Crippen LogP contribution is -2.34. The predicted octanol–water partition coefficient (Wildman–Crippen LogP) is 1.74. The molecule has 22 heavy (non-hydrogen) atoms. The average Bonchev–Trinajstić information content (AvgIpc) is 2.93. The van der Waals surface area contributed by atoms with Crippen LogP contribution in [-0.2, 0) is 0 Å². The first kappa shape index (κ1) is 15.6. The van der Waals surface area contributed by atoms with Crippen LogP contribution in [0, 0.1) is 0 Å². The van der Waals surface area contributed by atoms with Crippen LogP contribution in [0.2, 0.25) is 0 Å². The average molecular weight is 321 g/mol. The summed E-state index contributed by atoms with van der Waals surface area (Å²) in [5.41, 5.74) is 0.681. The highest BCUT2D eigenvalue weighted by atomic mass is 32.2. The standard InChI is InChI=1S/C16H23N3O2S/c1-18-6-2-7-19(9-8-18)16(20)13-3-5-17-15(11-13)21-14-4-10-22-12-14/h3,5,11,14H,2,4,6-10,12H2,1H3. The fraction of sp³-hybridized carbons (Fsp3) is 0.625. The Morgan fingerprint density at radius 2 is 2.27 bits per heavy atom. The molecule has 1 amide bonds. The first-order valence-corrected chi connectivity index (χ1v) is 9.06. The monoisotopic (exact) mass is 321 g/mol. The van der Waals surface area contributed by atoms with Crippen molar-refractivity contribution in [3.05, 3.63) is 23.9 Å². The molecule has 0 bridgehead atoms. The Balaban J connectivity index is 1.66. The second kappa shape index (κ2) is 7.33. The van der Waals surface area contributed by atoms with Gasteiger partial charge in [0.2, 0.25) is 5.88 Å². The van der Waals surface area contributed by atoms with Gasteiger partial charge in [0.1, 0.15) is 6.10 Å². The molecule has 2 fully saturated rings. The second-order valence-electron chi connectivity index (χ2n) is 5.94. The Labute approximate surface area is 136 Å². The lowest BCUT2D eigenvalue weighted by Gasteiger charge is -2.21. The molecule has 1 unspecified atom stereocenters. The number of thioether (sulfide) groups is 1. The zero-order valence-electron chi connectivity index (χ0n) is 13.0. The quantitative estimate of drug-likeness (QED) is 0.849. The number of likely N-dealkylation sites (N-methyl/N-ethyl adjacent to an activating group) is 1. The first-order chi connectivity index (χ1) is 10.7. The van der Waals surface area contributed by atoms with Crippen molar-refractivity contribution in [1.82, 2.24) is 14.8 Å². The Hall–Kier alpha value is -1.27. The van der Waals surface area contributed by atoms with Crippen molar-refractivity contribution in [3.63, 3.8) is 0 Å². The molecule has 0 radical (unpaired) electrons. The second-order valence-corrected chi connectivity index (χ2v) is 7.09. The number of rotatable bonds is 3. The highest BCUT2D eigenvalue weighted by Gasteiger charge is 2.21. The van der Waals surface area contributed by atoms with Gasteiger partial charge < -0.3 is 14.5 Å². The summed E-state index contributed by atoms with van der Waals surface area (Å²) in [6.07, 6.45) is 3.99. The maximum Gasteiger partial charge on any atom is 0.254 e. The van der Waals surface area contributed by atoms with Crippen LogP contribution >= 0.6 is 11.8 Å². The van der Waals surface area contributed by atoms with E-state index in [1.165, 1.54) is 0 Å². The number of carbonyl (C=O) groups excluding carboxylic acids is 1. The number of nitrogens with zero attached hydrogens (tertiary/aromatic N) is 3. The van der Waals surface area contributed by atoms with Crippen LogP contribution < -0.4 is 4.74 Å². The highest BCUT2D eigenvalue weighted by Crippen LogP contribution is 2.22. The van der Waals surface area contributed by atoms with Crippen LogP contribution in [0.3, 0.4) is 0 Å². The molecular weight excluding hydrogens is 298 g/mol. The largest absolute Gasteiger partial charge is 0.473 e. The number of ether oxygens (including phenoxy) is 1. The SMILES string of the molecule is CN1CCCN(C(=O)c2ccnc(OC3CCSC3)c2)CC1. The third kappa shape index (κ3) is 3.93. The third-order valence-corrected chi connectivity index (χ3v) is 5.30. The number of hydrogen-bond acceptors (Lipinski definition) is 5. The molecule has 6 heteroatoms. The van der Waals surface area contributed by atoms with E-state index in [1.54, 1.807) is 18.3 Å². The molecule has 0 aliphatic carbocycles. The van der Waals surface area contributed by atoms with Gasteiger partial charge in [-0.2, -0.15) is 11.8 Å². The summed E-state index contributed by atoms with van der Waals surface area (Å²) in [6.45, 7) is 3.58. The van der Waals surface area contributed by atoms with Gasteiger partial charge in [0.05, 0.1) is 0 Å². The van der Waals surface area contributed by atoms with Crippen molar-refractivity contribution in [2.24, 2.45) is 0 Å². The van der Waals surface area contributed by atoms with E-state index in [1.807, 2.05) is 16.7 Å². The van der Waals surface area contributed by atoms with Gasteiger partial charge in [-0.05, 0) is 38.3 Å². The minimum atomic E-state index is 0.0864. The summed E-state index contributed by atoms with van der Waals surface area (Å²) in [5.74, 6) is 2.82. The lowest BCUT2D eigenvalue weighted by atomic mass is 10.2. The number of pyridine rings is 1. The maximum atomic E-state index is 12.7. The van der Waals surface area contributed by atoms with E-state index in [-0.39, 0.29) is 12.0 Å². The molecule has 0 aromatic carbocycles. The molecule has 120 valence electrons. The van der Waals surface area contributed by atoms with Crippen LogP contribution in [0.15, 0.2) is 18.3 Å². The molecule has 5 nitrogen and oxygen atoms in total. The Morgan fingerprint density at radius 3 is 3.09 bits per heavy atom. The van der Waals surface area contributed by atoms with E-state index in [4.69, 9.17) is 4.74 Å². The summed E-state index contributed by atoms with van der Waals surface area (Å²) in [7, 11) is 2.10. The molecule has 1 aromatic heterocycles. The fourth-order valence-corrected chi connectivity index (χ4v) is 3.91. The van der Waals surface area contributed by atoms with Crippen molar-refractivity contribution in [3.8, 4) is 5.88 Å². The summed E-state index contributed by atoms with van der Waals surface area (Å²) < 4.78 is 5.88. The molecule has 1 aromatic rings. The summed E-state index contributed by atoms with van der Waals surface area (Å²) in [5, 5.41) is 0. The number of carbonyl (C=O) groups is 1. The van der Waals surface area contributed by atoms with Crippen molar-refractivity contribution in [2.45, 2.75) is 18.9 Å². The van der Waals surface area contributed by atoms with E-state index in [9.17, 15) is 4.79 Å². The number of aromatic nitrogens is 1. The molecule has 0 N–H and O–H groups in total. The molecule has 0 spiro atoms. The normalized spacial score (nSPS) is 23.3. The van der Waals surface area contributed by atoms with Gasteiger partial charge in [0.15, 0.2) is 0 Å². The molecule has 2 aliphatic rings. The summed E-state index contributed by atoms with van der Waals surface area (Å²) in [4.78, 5) is 21.1. The smallest absolute Gasteiger partial charge is 0.254 e. The lowest BCUT2D eigenvalue weighted by molar-refractivity contribution is 0.0761. The Bertz CT molecular complexity index is 520. The van der Waals surface area contributed by atoms with E-state index >= 15 is 0 Å². The van der Waals surface area contributed by atoms with Crippen LogP contribution in [0.1, 0.15) is 23.2 Å². The van der Waals surface area contributed by atoms with Crippen LogP contribution in [0.4, 0.5) is 0 Å². The molecular formula is C16H23N3O2S. The third-order valence-electron chi connectivity index (χ3n) is 4.16. The van der Waals surface area contributed by atoms with Crippen molar-refractivity contribution < 1.29 is 9.53 Å². The van der Waals surface area contributed by atoms with Gasteiger partial charge in [0.25, 0.3) is 5.91 Å². The summed E-state index contributed by atoms with van der Waals surface area (Å²) in [6, 6.07) is 3.58. The van der Waals surface area contributed by atoms with Gasteiger partial charge in [-0.3, -0.25) is 4.79 Å². The van der Waals surface area contributed by atoms with Crippen molar-refractivity contribution in [1.29, 1.82) is 0 Å². The van der Waals surface area contributed by atoms with E-state index in [2.05, 4.69) is 16.9 Å². The number of amides is 1. The molecule has 2 aliphatic heterocycles. The molecule has 2 saturated heterocycles. The topological polar surface area (TPSA) is 45.7 Å². The van der Waals surface area contributed by atoms with Gasteiger partial charge in [-0.15, -0.1) is 0 Å². The minimum Gasteiger partial charge on any atom is -0.473 e. The van der Waals surface area contributed by atoms with Crippen molar-refractivity contribution in [2.75, 3.05) is 44.7 Å².